The van der Waals surface area contributed by atoms with Gasteiger partial charge in [0.15, 0.2) is 10.1 Å². The van der Waals surface area contributed by atoms with E-state index in [0.29, 0.717) is 31.4 Å². The van der Waals surface area contributed by atoms with Crippen molar-refractivity contribution in [3.05, 3.63) is 11.6 Å². The van der Waals surface area contributed by atoms with Gasteiger partial charge in [-0.15, -0.1) is 11.3 Å². The standard InChI is InChI=1S/C9H12N4O2S2/c14-7(11-9-10-1-6-17-9)8(16)12-13-2-4-15-5-3-13/h1,6H,2-5H2,(H,12,16)(H,10,11,14). The fraction of sp³-hybridized carbons (Fsp3) is 0.444. The maximum Gasteiger partial charge on any atom is 0.286 e. The van der Waals surface area contributed by atoms with Gasteiger partial charge in [-0.1, -0.05) is 12.2 Å². The number of hydrazine groups is 1. The third kappa shape index (κ3) is 3.70. The van der Waals surface area contributed by atoms with Gasteiger partial charge in [0.25, 0.3) is 5.91 Å². The lowest BCUT2D eigenvalue weighted by molar-refractivity contribution is -0.110. The van der Waals surface area contributed by atoms with Crippen molar-refractivity contribution in [1.82, 2.24) is 15.4 Å². The van der Waals surface area contributed by atoms with Crippen LogP contribution in [0.15, 0.2) is 11.6 Å². The second-order valence-corrected chi connectivity index (χ2v) is 4.63. The predicted octanol–water partition coefficient (Wildman–Crippen LogP) is 0.246. The first-order valence-corrected chi connectivity index (χ1v) is 6.38. The van der Waals surface area contributed by atoms with Gasteiger partial charge in [0, 0.05) is 24.7 Å². The quantitative estimate of drug-likeness (QED) is 0.752. The Kier molecular flexibility index (Phi) is 4.37. The van der Waals surface area contributed by atoms with Gasteiger partial charge in [-0.05, 0) is 0 Å². The third-order valence-corrected chi connectivity index (χ3v) is 3.09. The molecule has 0 aliphatic carbocycles. The van der Waals surface area contributed by atoms with Crippen LogP contribution in [0.4, 0.5) is 5.13 Å². The van der Waals surface area contributed by atoms with Crippen LogP contribution < -0.4 is 10.7 Å². The fourth-order valence-electron chi connectivity index (χ4n) is 1.31. The minimum Gasteiger partial charge on any atom is -0.379 e. The van der Waals surface area contributed by atoms with E-state index in [2.05, 4.69) is 15.7 Å². The first kappa shape index (κ1) is 12.4. The van der Waals surface area contributed by atoms with Crippen molar-refractivity contribution < 1.29 is 9.53 Å². The molecule has 0 unspecified atom stereocenters. The van der Waals surface area contributed by atoms with Crippen molar-refractivity contribution in [1.29, 1.82) is 0 Å². The average molecular weight is 272 g/mol. The SMILES string of the molecule is O=C(Nc1nccs1)C(=S)NN1CCOCC1. The summed E-state index contributed by atoms with van der Waals surface area (Å²) in [7, 11) is 0. The molecule has 8 heteroatoms. The summed E-state index contributed by atoms with van der Waals surface area (Å²) in [6.45, 7) is 2.71. The maximum atomic E-state index is 11.7. The molecule has 0 aromatic carbocycles. The molecule has 0 saturated carbocycles. The van der Waals surface area contributed by atoms with Crippen LogP contribution in [0.1, 0.15) is 0 Å². The Morgan fingerprint density at radius 1 is 1.53 bits per heavy atom. The number of hydrogen-bond acceptors (Lipinski definition) is 6. The van der Waals surface area contributed by atoms with Gasteiger partial charge in [-0.2, -0.15) is 0 Å². The van der Waals surface area contributed by atoms with Crippen LogP contribution in [0, 0.1) is 0 Å². The number of thiocarbonyl (C=S) groups is 1. The zero-order valence-electron chi connectivity index (χ0n) is 9.01. The molecule has 0 atom stereocenters. The van der Waals surface area contributed by atoms with Crippen LogP contribution >= 0.6 is 23.6 Å². The lowest BCUT2D eigenvalue weighted by Crippen LogP contribution is -2.50. The summed E-state index contributed by atoms with van der Waals surface area (Å²) in [5, 5.41) is 6.81. The Hall–Kier alpha value is -1.09. The number of carbonyl (C=O) groups is 1. The highest BCUT2D eigenvalue weighted by atomic mass is 32.1. The van der Waals surface area contributed by atoms with E-state index in [1.54, 1.807) is 11.6 Å². The first-order chi connectivity index (χ1) is 8.25. The molecule has 17 heavy (non-hydrogen) atoms. The minimum atomic E-state index is -0.346. The second-order valence-electron chi connectivity index (χ2n) is 3.33. The van der Waals surface area contributed by atoms with E-state index >= 15 is 0 Å². The Bertz CT molecular complexity index is 390. The maximum absolute atomic E-state index is 11.7. The molecule has 2 N–H and O–H groups in total. The molecule has 2 heterocycles. The number of ether oxygens (including phenoxy) is 1. The number of aromatic nitrogens is 1. The number of nitrogens with one attached hydrogen (secondary N) is 2. The Morgan fingerprint density at radius 2 is 2.29 bits per heavy atom. The van der Waals surface area contributed by atoms with Gasteiger partial charge in [-0.25, -0.2) is 9.99 Å². The van der Waals surface area contributed by atoms with Gasteiger partial charge in [0.05, 0.1) is 13.2 Å². The van der Waals surface area contributed by atoms with Crippen molar-refractivity contribution >= 4 is 39.6 Å². The normalized spacial score (nSPS) is 16.5. The molecule has 1 amide bonds. The second kappa shape index (κ2) is 6.01. The van der Waals surface area contributed by atoms with E-state index in [4.69, 9.17) is 17.0 Å². The zero-order valence-corrected chi connectivity index (χ0v) is 10.6. The topological polar surface area (TPSA) is 66.5 Å². The molecular formula is C9H12N4O2S2. The zero-order chi connectivity index (χ0) is 12.1. The Balaban J connectivity index is 1.80. The highest BCUT2D eigenvalue weighted by Gasteiger charge is 2.16. The molecule has 1 aromatic heterocycles. The van der Waals surface area contributed by atoms with Gasteiger partial charge in [-0.3, -0.25) is 10.1 Å². The van der Waals surface area contributed by atoms with Gasteiger partial charge in [0.1, 0.15) is 0 Å². The third-order valence-electron chi connectivity index (χ3n) is 2.13. The summed E-state index contributed by atoms with van der Waals surface area (Å²) in [5.41, 5.74) is 2.88. The predicted molar refractivity (Wildman–Crippen MR) is 68.9 cm³/mol. The molecule has 1 aliphatic rings. The molecule has 0 spiro atoms. The van der Waals surface area contributed by atoms with Crippen LogP contribution in [0.3, 0.4) is 0 Å². The number of rotatable bonds is 2. The summed E-state index contributed by atoms with van der Waals surface area (Å²) in [6, 6.07) is 0. The number of thiazole rings is 1. The van der Waals surface area contributed by atoms with E-state index < -0.39 is 0 Å². The Morgan fingerprint density at radius 3 is 2.94 bits per heavy atom. The number of morpholine rings is 1. The summed E-state index contributed by atoms with van der Waals surface area (Å²) in [4.78, 5) is 15.8. The van der Waals surface area contributed by atoms with E-state index in [-0.39, 0.29) is 10.9 Å². The monoisotopic (exact) mass is 272 g/mol. The molecule has 1 fully saturated rings. The van der Waals surface area contributed by atoms with Crippen molar-refractivity contribution in [2.75, 3.05) is 31.6 Å². The van der Waals surface area contributed by atoms with Crippen molar-refractivity contribution in [3.8, 4) is 0 Å². The van der Waals surface area contributed by atoms with Crippen LogP contribution in [-0.4, -0.2) is 47.2 Å². The minimum absolute atomic E-state index is 0.141. The van der Waals surface area contributed by atoms with E-state index in [9.17, 15) is 4.79 Å². The number of carbonyl (C=O) groups excluding carboxylic acids is 1. The molecule has 1 saturated heterocycles. The molecule has 0 radical (unpaired) electrons. The summed E-state index contributed by atoms with van der Waals surface area (Å²) >= 11 is 6.35. The molecule has 92 valence electrons. The molecule has 6 nitrogen and oxygen atoms in total. The van der Waals surface area contributed by atoms with Crippen LogP contribution in [0.5, 0.6) is 0 Å². The van der Waals surface area contributed by atoms with Gasteiger partial charge in [0.2, 0.25) is 0 Å². The van der Waals surface area contributed by atoms with Crippen molar-refractivity contribution in [3.63, 3.8) is 0 Å². The highest BCUT2D eigenvalue weighted by molar-refractivity contribution is 7.82. The van der Waals surface area contributed by atoms with Crippen molar-refractivity contribution in [2.45, 2.75) is 0 Å². The number of amides is 1. The van der Waals surface area contributed by atoms with E-state index in [1.807, 2.05) is 5.01 Å². The van der Waals surface area contributed by atoms with E-state index in [1.165, 1.54) is 11.3 Å². The van der Waals surface area contributed by atoms with E-state index in [0.717, 1.165) is 0 Å². The van der Waals surface area contributed by atoms with Gasteiger partial charge < -0.3 is 10.2 Å². The molecule has 1 aliphatic heterocycles. The molecule has 2 rings (SSSR count). The first-order valence-electron chi connectivity index (χ1n) is 5.10. The van der Waals surface area contributed by atoms with Crippen LogP contribution in [0.2, 0.25) is 0 Å². The van der Waals surface area contributed by atoms with Crippen LogP contribution in [0.25, 0.3) is 0 Å². The molecular weight excluding hydrogens is 260 g/mol. The molecule has 1 aromatic rings. The van der Waals surface area contributed by atoms with Crippen molar-refractivity contribution in [2.24, 2.45) is 0 Å². The van der Waals surface area contributed by atoms with Gasteiger partial charge >= 0.3 is 0 Å². The Labute approximate surface area is 108 Å². The molecule has 0 bridgehead atoms. The number of nitrogens with zero attached hydrogens (tertiary/aromatic N) is 2. The number of hydrogen-bond donors (Lipinski definition) is 2. The summed E-state index contributed by atoms with van der Waals surface area (Å²) < 4.78 is 5.19. The lowest BCUT2D eigenvalue weighted by atomic mass is 10.5. The summed E-state index contributed by atoms with van der Waals surface area (Å²) in [6.07, 6.45) is 1.62. The van der Waals surface area contributed by atoms with Crippen LogP contribution in [-0.2, 0) is 9.53 Å². The highest BCUT2D eigenvalue weighted by Crippen LogP contribution is 2.09. The lowest BCUT2D eigenvalue weighted by Gasteiger charge is -2.27. The smallest absolute Gasteiger partial charge is 0.286 e. The fourth-order valence-corrected chi connectivity index (χ4v) is 2.01. The largest absolute Gasteiger partial charge is 0.379 e. The number of anilines is 1. The average Bonchev–Trinajstić information content (AvgIpc) is 2.83. The summed E-state index contributed by atoms with van der Waals surface area (Å²) in [5.74, 6) is -0.346.